The Hall–Kier alpha value is -1.71. The van der Waals surface area contributed by atoms with E-state index in [1.54, 1.807) is 24.9 Å². The summed E-state index contributed by atoms with van der Waals surface area (Å²) in [5.74, 6) is 0. The number of nitrogens with zero attached hydrogens (tertiary/aromatic N) is 3. The van der Waals surface area contributed by atoms with Gasteiger partial charge in [0.25, 0.3) is 0 Å². The van der Waals surface area contributed by atoms with Crippen LogP contribution in [0.3, 0.4) is 0 Å². The number of rotatable bonds is 1. The van der Waals surface area contributed by atoms with Crippen molar-refractivity contribution in [2.24, 2.45) is 0 Å². The molecule has 0 bridgehead atoms. The Morgan fingerprint density at radius 2 is 2.00 bits per heavy atom. The monoisotopic (exact) mass is 146 g/mol. The smallest absolute Gasteiger partial charge is 0.115 e. The summed E-state index contributed by atoms with van der Waals surface area (Å²) in [5.41, 5.74) is 1.79. The lowest BCUT2D eigenvalue weighted by atomic mass is 10.3. The van der Waals surface area contributed by atoms with Crippen molar-refractivity contribution in [3.8, 4) is 11.3 Å². The second-order valence-electron chi connectivity index (χ2n) is 2.08. The zero-order valence-electron chi connectivity index (χ0n) is 5.73. The Morgan fingerprint density at radius 1 is 1.18 bits per heavy atom. The van der Waals surface area contributed by atoms with Gasteiger partial charge < -0.3 is 4.98 Å². The first kappa shape index (κ1) is 6.03. The van der Waals surface area contributed by atoms with Crippen LogP contribution in [-0.4, -0.2) is 19.9 Å². The molecule has 0 saturated heterocycles. The van der Waals surface area contributed by atoms with Crippen LogP contribution in [0.15, 0.2) is 31.2 Å². The number of hydrogen-bond donors (Lipinski definition) is 1. The Labute approximate surface area is 63.4 Å². The first-order valence-electron chi connectivity index (χ1n) is 3.21. The molecule has 0 radical (unpaired) electrons. The fraction of sp³-hybridized carbons (Fsp3) is 0. The molecule has 54 valence electrons. The largest absolute Gasteiger partial charge is 0.351 e. The molecule has 0 aromatic carbocycles. The summed E-state index contributed by atoms with van der Waals surface area (Å²) in [6.07, 6.45) is 8.38. The van der Waals surface area contributed by atoms with Crippen LogP contribution >= 0.6 is 0 Å². The molecule has 2 aromatic heterocycles. The normalized spacial score (nSPS) is 9.82. The highest BCUT2D eigenvalue weighted by molar-refractivity contribution is 5.54. The quantitative estimate of drug-likeness (QED) is 0.649. The molecule has 0 unspecified atom stereocenters. The average Bonchev–Trinajstić information content (AvgIpc) is 2.58. The minimum absolute atomic E-state index is 0.866. The molecule has 0 amide bonds. The van der Waals surface area contributed by atoms with Gasteiger partial charge in [-0.05, 0) is 0 Å². The summed E-state index contributed by atoms with van der Waals surface area (Å²) in [6, 6.07) is 0. The van der Waals surface area contributed by atoms with Gasteiger partial charge in [-0.15, -0.1) is 0 Å². The number of hydrogen-bond acceptors (Lipinski definition) is 3. The van der Waals surface area contributed by atoms with E-state index in [0.717, 1.165) is 11.3 Å². The Kier molecular flexibility index (Phi) is 1.37. The number of aromatic nitrogens is 4. The van der Waals surface area contributed by atoms with Crippen molar-refractivity contribution in [3.05, 3.63) is 31.2 Å². The maximum Gasteiger partial charge on any atom is 0.115 e. The van der Waals surface area contributed by atoms with Crippen molar-refractivity contribution in [1.29, 1.82) is 0 Å². The molecule has 2 rings (SSSR count). The van der Waals surface area contributed by atoms with E-state index in [2.05, 4.69) is 19.9 Å². The van der Waals surface area contributed by atoms with Gasteiger partial charge in [0.05, 0.1) is 12.0 Å². The summed E-state index contributed by atoms with van der Waals surface area (Å²) in [4.78, 5) is 14.7. The van der Waals surface area contributed by atoms with Gasteiger partial charge in [-0.2, -0.15) is 0 Å². The standard InChI is InChI=1S/C7H6N4/c1-6(2-9-4-8-1)7-3-10-5-11-7/h1-5H,(H,10,11). The first-order valence-corrected chi connectivity index (χ1v) is 3.21. The highest BCUT2D eigenvalue weighted by atomic mass is 14.9. The van der Waals surface area contributed by atoms with E-state index in [4.69, 9.17) is 0 Å². The van der Waals surface area contributed by atoms with Crippen LogP contribution in [0.1, 0.15) is 0 Å². The maximum atomic E-state index is 4.05. The van der Waals surface area contributed by atoms with E-state index in [-0.39, 0.29) is 0 Å². The molecule has 0 spiro atoms. The molecule has 0 fully saturated rings. The van der Waals surface area contributed by atoms with Crippen molar-refractivity contribution in [2.45, 2.75) is 0 Å². The SMILES string of the molecule is c1ncc(-c2c[nH]cn2)cn1. The molecule has 0 atom stereocenters. The van der Waals surface area contributed by atoms with Crippen molar-refractivity contribution in [3.63, 3.8) is 0 Å². The first-order chi connectivity index (χ1) is 5.47. The summed E-state index contributed by atoms with van der Waals surface area (Å²) in [6.45, 7) is 0. The molecule has 0 aliphatic carbocycles. The lowest BCUT2D eigenvalue weighted by Crippen LogP contribution is -1.80. The zero-order chi connectivity index (χ0) is 7.52. The van der Waals surface area contributed by atoms with Crippen LogP contribution in [0.5, 0.6) is 0 Å². The number of aromatic amines is 1. The van der Waals surface area contributed by atoms with Gasteiger partial charge in [0, 0.05) is 24.2 Å². The van der Waals surface area contributed by atoms with Crippen LogP contribution in [0.4, 0.5) is 0 Å². The van der Waals surface area contributed by atoms with Crippen molar-refractivity contribution in [2.75, 3.05) is 0 Å². The van der Waals surface area contributed by atoms with Gasteiger partial charge >= 0.3 is 0 Å². The van der Waals surface area contributed by atoms with E-state index in [1.165, 1.54) is 6.33 Å². The Balaban J connectivity index is 2.46. The number of H-pyrrole nitrogens is 1. The molecule has 2 aromatic rings. The molecular weight excluding hydrogens is 140 g/mol. The minimum Gasteiger partial charge on any atom is -0.351 e. The van der Waals surface area contributed by atoms with Crippen LogP contribution in [-0.2, 0) is 0 Å². The van der Waals surface area contributed by atoms with Crippen LogP contribution < -0.4 is 0 Å². The van der Waals surface area contributed by atoms with Gasteiger partial charge in [-0.3, -0.25) is 0 Å². The molecule has 0 aliphatic rings. The molecular formula is C7H6N4. The van der Waals surface area contributed by atoms with Gasteiger partial charge in [-0.1, -0.05) is 0 Å². The predicted molar refractivity (Wildman–Crippen MR) is 39.6 cm³/mol. The van der Waals surface area contributed by atoms with E-state index in [0.29, 0.717) is 0 Å². The lowest BCUT2D eigenvalue weighted by Gasteiger charge is -1.90. The zero-order valence-corrected chi connectivity index (χ0v) is 5.73. The van der Waals surface area contributed by atoms with Gasteiger partial charge in [0.2, 0.25) is 0 Å². The van der Waals surface area contributed by atoms with Crippen LogP contribution in [0.2, 0.25) is 0 Å². The summed E-state index contributed by atoms with van der Waals surface area (Å²) in [7, 11) is 0. The van der Waals surface area contributed by atoms with E-state index in [1.807, 2.05) is 0 Å². The molecule has 1 N–H and O–H groups in total. The van der Waals surface area contributed by atoms with Crippen molar-refractivity contribution >= 4 is 0 Å². The lowest BCUT2D eigenvalue weighted by molar-refractivity contribution is 1.16. The maximum absolute atomic E-state index is 4.05. The van der Waals surface area contributed by atoms with Gasteiger partial charge in [-0.25, -0.2) is 15.0 Å². The third kappa shape index (κ3) is 1.10. The third-order valence-electron chi connectivity index (χ3n) is 1.35. The third-order valence-corrected chi connectivity index (χ3v) is 1.35. The Bertz CT molecular complexity index is 313. The number of nitrogens with one attached hydrogen (secondary N) is 1. The van der Waals surface area contributed by atoms with Crippen molar-refractivity contribution in [1.82, 2.24) is 19.9 Å². The predicted octanol–water partition coefficient (Wildman–Crippen LogP) is 0.867. The number of imidazole rings is 1. The molecule has 4 heteroatoms. The summed E-state index contributed by atoms with van der Waals surface area (Å²) >= 11 is 0. The second kappa shape index (κ2) is 2.49. The fourth-order valence-corrected chi connectivity index (χ4v) is 0.850. The molecule has 4 nitrogen and oxygen atoms in total. The molecule has 2 heterocycles. The molecule has 0 aliphatic heterocycles. The van der Waals surface area contributed by atoms with Crippen LogP contribution in [0, 0.1) is 0 Å². The van der Waals surface area contributed by atoms with Gasteiger partial charge in [0.15, 0.2) is 0 Å². The van der Waals surface area contributed by atoms with Crippen molar-refractivity contribution < 1.29 is 0 Å². The highest BCUT2D eigenvalue weighted by Gasteiger charge is 1.96. The Morgan fingerprint density at radius 3 is 2.64 bits per heavy atom. The average molecular weight is 146 g/mol. The van der Waals surface area contributed by atoms with Crippen LogP contribution in [0.25, 0.3) is 11.3 Å². The molecule has 0 saturated carbocycles. The van der Waals surface area contributed by atoms with E-state index < -0.39 is 0 Å². The topological polar surface area (TPSA) is 54.5 Å². The summed E-state index contributed by atoms with van der Waals surface area (Å²) in [5, 5.41) is 0. The fourth-order valence-electron chi connectivity index (χ4n) is 0.850. The molecule has 11 heavy (non-hydrogen) atoms. The highest BCUT2D eigenvalue weighted by Crippen LogP contribution is 2.10. The van der Waals surface area contributed by atoms with E-state index >= 15 is 0 Å². The van der Waals surface area contributed by atoms with E-state index in [9.17, 15) is 0 Å². The summed E-state index contributed by atoms with van der Waals surface area (Å²) < 4.78 is 0. The second-order valence-corrected chi connectivity index (χ2v) is 2.08. The van der Waals surface area contributed by atoms with Gasteiger partial charge in [0.1, 0.15) is 6.33 Å². The minimum atomic E-state index is 0.866.